The average Bonchev–Trinajstić information content (AvgIpc) is 3.15. The summed E-state index contributed by atoms with van der Waals surface area (Å²) in [6.07, 6.45) is 0. The first kappa shape index (κ1) is 20.1. The second-order valence-corrected chi connectivity index (χ2v) is 6.92. The molecule has 1 heterocycles. The van der Waals surface area contributed by atoms with Crippen molar-refractivity contribution < 1.29 is 23.9 Å². The summed E-state index contributed by atoms with van der Waals surface area (Å²) in [6.45, 7) is 4.97. The molecule has 2 aromatic rings. The van der Waals surface area contributed by atoms with Crippen molar-refractivity contribution in [3.05, 3.63) is 56.7 Å². The number of thiophene rings is 1. The maximum atomic E-state index is 12.5. The predicted molar refractivity (Wildman–Crippen MR) is 99.8 cm³/mol. The fraction of sp³-hybridized carbons (Fsp3) is 0.316. The van der Waals surface area contributed by atoms with E-state index in [1.807, 2.05) is 0 Å². The Morgan fingerprint density at radius 2 is 1.69 bits per heavy atom. The topological polar surface area (TPSA) is 69.7 Å². The molecule has 1 aromatic carbocycles. The number of benzene rings is 1. The maximum absolute atomic E-state index is 12.5. The Kier molecular flexibility index (Phi) is 6.56. The molecule has 0 atom stereocenters. The fourth-order valence-corrected chi connectivity index (χ4v) is 3.36. The molecule has 0 unspecified atom stereocenters. The highest BCUT2D eigenvalue weighted by Gasteiger charge is 2.46. The van der Waals surface area contributed by atoms with Crippen LogP contribution in [-0.4, -0.2) is 30.9 Å². The van der Waals surface area contributed by atoms with Gasteiger partial charge in [-0.15, -0.1) is 11.3 Å². The van der Waals surface area contributed by atoms with Gasteiger partial charge in [-0.05, 0) is 49.9 Å². The Morgan fingerprint density at radius 3 is 2.15 bits per heavy atom. The number of hydrogen-bond donors (Lipinski definition) is 0. The van der Waals surface area contributed by atoms with E-state index in [0.717, 1.165) is 0 Å². The van der Waals surface area contributed by atoms with Crippen molar-refractivity contribution in [1.29, 1.82) is 0 Å². The third-order valence-electron chi connectivity index (χ3n) is 3.90. The van der Waals surface area contributed by atoms with E-state index in [0.29, 0.717) is 16.0 Å². The van der Waals surface area contributed by atoms with Gasteiger partial charge in [0.1, 0.15) is 0 Å². The molecule has 5 nitrogen and oxygen atoms in total. The highest BCUT2D eigenvalue weighted by atomic mass is 35.5. The van der Waals surface area contributed by atoms with E-state index in [1.165, 1.54) is 36.5 Å². The summed E-state index contributed by atoms with van der Waals surface area (Å²) in [7, 11) is 0. The summed E-state index contributed by atoms with van der Waals surface area (Å²) in [5.41, 5.74) is -1.06. The van der Waals surface area contributed by atoms with Crippen LogP contribution in [0.1, 0.15) is 41.6 Å². The van der Waals surface area contributed by atoms with Gasteiger partial charge in [0.2, 0.25) is 5.78 Å². The zero-order valence-corrected chi connectivity index (χ0v) is 16.3. The Hall–Kier alpha value is -2.18. The van der Waals surface area contributed by atoms with Gasteiger partial charge < -0.3 is 9.47 Å². The summed E-state index contributed by atoms with van der Waals surface area (Å²) in [4.78, 5) is 38.0. The minimum atomic E-state index is -1.67. The van der Waals surface area contributed by atoms with Crippen LogP contribution in [0.25, 0.3) is 0 Å². The van der Waals surface area contributed by atoms with Gasteiger partial charge in [-0.3, -0.25) is 14.4 Å². The van der Waals surface area contributed by atoms with E-state index < -0.39 is 17.4 Å². The van der Waals surface area contributed by atoms with Gasteiger partial charge in [0, 0.05) is 5.56 Å². The number of ketones is 1. The Morgan fingerprint density at radius 1 is 1.08 bits per heavy atom. The molecule has 2 rings (SSSR count). The van der Waals surface area contributed by atoms with Crippen LogP contribution in [0.5, 0.6) is 0 Å². The smallest absolute Gasteiger partial charge is 0.327 e. The first-order chi connectivity index (χ1) is 12.4. The summed E-state index contributed by atoms with van der Waals surface area (Å²) in [5.74, 6) is -1.68. The predicted octanol–water partition coefficient (Wildman–Crippen LogP) is 4.02. The van der Waals surface area contributed by atoms with Crippen LogP contribution in [0, 0.1) is 0 Å². The summed E-state index contributed by atoms with van der Waals surface area (Å²) in [6, 6.07) is 7.96. The van der Waals surface area contributed by atoms with E-state index in [4.69, 9.17) is 21.1 Å². The van der Waals surface area contributed by atoms with Gasteiger partial charge in [-0.1, -0.05) is 23.7 Å². The van der Waals surface area contributed by atoms with Gasteiger partial charge in [-0.2, -0.15) is 0 Å². The van der Waals surface area contributed by atoms with Gasteiger partial charge in [0.15, 0.2) is 5.41 Å². The van der Waals surface area contributed by atoms with Gasteiger partial charge in [-0.25, -0.2) is 0 Å². The Labute approximate surface area is 160 Å². The molecule has 0 aliphatic carbocycles. The molecule has 26 heavy (non-hydrogen) atoms. The Bertz CT molecular complexity index is 795. The highest BCUT2D eigenvalue weighted by molar-refractivity contribution is 7.12. The van der Waals surface area contributed by atoms with Crippen LogP contribution in [0.2, 0.25) is 5.02 Å². The SMILES string of the molecule is CCOC(=O)C(C)(C(=O)OCC)c1ccc(C(=O)c2cccs2)c(Cl)c1. The quantitative estimate of drug-likeness (QED) is 0.403. The first-order valence-corrected chi connectivity index (χ1v) is 9.34. The second kappa shape index (κ2) is 8.47. The van der Waals surface area contributed by atoms with Crippen molar-refractivity contribution in [3.63, 3.8) is 0 Å². The molecule has 1 aromatic heterocycles. The normalized spacial score (nSPS) is 11.1. The van der Waals surface area contributed by atoms with Crippen LogP contribution in [0.4, 0.5) is 0 Å². The zero-order valence-electron chi connectivity index (χ0n) is 14.7. The molecule has 0 fully saturated rings. The monoisotopic (exact) mass is 394 g/mol. The van der Waals surface area contributed by atoms with Gasteiger partial charge in [0.05, 0.1) is 23.1 Å². The fourth-order valence-electron chi connectivity index (χ4n) is 2.42. The number of esters is 2. The molecule has 0 radical (unpaired) electrons. The minimum absolute atomic E-state index is 0.122. The first-order valence-electron chi connectivity index (χ1n) is 8.08. The summed E-state index contributed by atoms with van der Waals surface area (Å²) < 4.78 is 10.1. The van der Waals surface area contributed by atoms with E-state index in [1.54, 1.807) is 31.4 Å². The average molecular weight is 395 g/mol. The third-order valence-corrected chi connectivity index (χ3v) is 5.08. The number of rotatable bonds is 7. The van der Waals surface area contributed by atoms with Crippen LogP contribution >= 0.6 is 22.9 Å². The standard InChI is InChI=1S/C19H19ClO5S/c1-4-24-17(22)19(3,18(23)25-5-2)12-8-9-13(14(20)11-12)16(21)15-7-6-10-26-15/h6-11H,4-5H2,1-3H3. The van der Waals surface area contributed by atoms with E-state index in [2.05, 4.69) is 0 Å². The molecule has 0 saturated carbocycles. The number of carbonyl (C=O) groups excluding carboxylic acids is 3. The molecular formula is C19H19ClO5S. The lowest BCUT2D eigenvalue weighted by Crippen LogP contribution is -2.43. The third kappa shape index (κ3) is 3.81. The number of ether oxygens (including phenoxy) is 2. The van der Waals surface area contributed by atoms with Crippen LogP contribution in [0.3, 0.4) is 0 Å². The van der Waals surface area contributed by atoms with Crippen molar-refractivity contribution >= 4 is 40.7 Å². The van der Waals surface area contributed by atoms with Gasteiger partial charge in [0.25, 0.3) is 0 Å². The highest BCUT2D eigenvalue weighted by Crippen LogP contribution is 2.32. The molecule has 0 spiro atoms. The number of carbonyl (C=O) groups is 3. The van der Waals surface area contributed by atoms with Crippen molar-refractivity contribution in [1.82, 2.24) is 0 Å². The molecule has 0 N–H and O–H groups in total. The number of hydrogen-bond acceptors (Lipinski definition) is 6. The van der Waals surface area contributed by atoms with Gasteiger partial charge >= 0.3 is 11.9 Å². The largest absolute Gasteiger partial charge is 0.465 e. The minimum Gasteiger partial charge on any atom is -0.465 e. The van der Waals surface area contributed by atoms with Crippen molar-refractivity contribution in [2.24, 2.45) is 0 Å². The van der Waals surface area contributed by atoms with Crippen LogP contribution in [0.15, 0.2) is 35.7 Å². The molecule has 138 valence electrons. The molecule has 0 saturated heterocycles. The van der Waals surface area contributed by atoms with Crippen molar-refractivity contribution in [2.75, 3.05) is 13.2 Å². The second-order valence-electron chi connectivity index (χ2n) is 5.57. The Balaban J connectivity index is 2.47. The van der Waals surface area contributed by atoms with Crippen LogP contribution < -0.4 is 0 Å². The van der Waals surface area contributed by atoms with Crippen molar-refractivity contribution in [2.45, 2.75) is 26.2 Å². The molecule has 0 aliphatic heterocycles. The van der Waals surface area contributed by atoms with Crippen LogP contribution in [-0.2, 0) is 24.5 Å². The van der Waals surface area contributed by atoms with E-state index in [9.17, 15) is 14.4 Å². The lowest BCUT2D eigenvalue weighted by Gasteiger charge is -2.25. The van der Waals surface area contributed by atoms with E-state index in [-0.39, 0.29) is 24.0 Å². The van der Waals surface area contributed by atoms with E-state index >= 15 is 0 Å². The maximum Gasteiger partial charge on any atom is 0.327 e. The molecule has 0 aliphatic rings. The zero-order chi connectivity index (χ0) is 19.3. The number of halogens is 1. The summed E-state index contributed by atoms with van der Waals surface area (Å²) in [5, 5.41) is 1.95. The molecular weight excluding hydrogens is 376 g/mol. The lowest BCUT2D eigenvalue weighted by atomic mass is 9.82. The molecule has 0 amide bonds. The lowest BCUT2D eigenvalue weighted by molar-refractivity contribution is -0.163. The molecule has 0 bridgehead atoms. The van der Waals surface area contributed by atoms with Crippen molar-refractivity contribution in [3.8, 4) is 0 Å². The molecule has 7 heteroatoms. The summed E-state index contributed by atoms with van der Waals surface area (Å²) >= 11 is 7.60.